The zero-order valence-corrected chi connectivity index (χ0v) is 11.4. The van der Waals surface area contributed by atoms with Crippen LogP contribution >= 0.6 is 11.6 Å². The number of hydrogen-bond donors (Lipinski definition) is 1. The quantitative estimate of drug-likeness (QED) is 0.854. The summed E-state index contributed by atoms with van der Waals surface area (Å²) in [5.74, 6) is 0.598. The molecule has 0 saturated heterocycles. The summed E-state index contributed by atoms with van der Waals surface area (Å²) >= 11 is 5.91. The number of carbonyl (C=O) groups is 1. The molecule has 0 atom stereocenters. The van der Waals surface area contributed by atoms with Crippen molar-refractivity contribution in [2.75, 3.05) is 19.3 Å². The Kier molecular flexibility index (Phi) is 4.12. The lowest BCUT2D eigenvalue weighted by Crippen LogP contribution is -2.31. The SMILES string of the molecule is CN(CC1CCCC1)C(=O)c1cc(Cl)ccc1N. The molecule has 2 N–H and O–H groups in total. The molecule has 4 heteroatoms. The van der Waals surface area contributed by atoms with Crippen molar-refractivity contribution in [2.24, 2.45) is 5.92 Å². The zero-order valence-electron chi connectivity index (χ0n) is 10.7. The fraction of sp³-hybridized carbons (Fsp3) is 0.500. The summed E-state index contributed by atoms with van der Waals surface area (Å²) in [5, 5.41) is 0.543. The van der Waals surface area contributed by atoms with E-state index in [1.807, 2.05) is 7.05 Å². The topological polar surface area (TPSA) is 46.3 Å². The summed E-state index contributed by atoms with van der Waals surface area (Å²) in [6.45, 7) is 0.810. The summed E-state index contributed by atoms with van der Waals surface area (Å²) in [7, 11) is 1.83. The number of carbonyl (C=O) groups excluding carboxylic acids is 1. The Bertz CT molecular complexity index is 441. The number of anilines is 1. The van der Waals surface area contributed by atoms with E-state index >= 15 is 0 Å². The molecule has 0 radical (unpaired) electrons. The summed E-state index contributed by atoms with van der Waals surface area (Å²) in [6.07, 6.45) is 5.02. The minimum atomic E-state index is -0.0399. The minimum absolute atomic E-state index is 0.0399. The van der Waals surface area contributed by atoms with Crippen LogP contribution in [-0.4, -0.2) is 24.4 Å². The maximum absolute atomic E-state index is 12.3. The standard InChI is InChI=1S/C14H19ClN2O/c1-17(9-10-4-2-3-5-10)14(18)12-8-11(15)6-7-13(12)16/h6-8,10H,2-5,9,16H2,1H3. The molecule has 18 heavy (non-hydrogen) atoms. The van der Waals surface area contributed by atoms with Gasteiger partial charge in [0.1, 0.15) is 0 Å². The van der Waals surface area contributed by atoms with Crippen LogP contribution in [0.4, 0.5) is 5.69 Å². The smallest absolute Gasteiger partial charge is 0.255 e. The van der Waals surface area contributed by atoms with Crippen molar-refractivity contribution in [1.29, 1.82) is 0 Å². The number of hydrogen-bond acceptors (Lipinski definition) is 2. The summed E-state index contributed by atoms with van der Waals surface area (Å²) in [6, 6.07) is 5.02. The Morgan fingerprint density at radius 2 is 2.11 bits per heavy atom. The number of benzene rings is 1. The van der Waals surface area contributed by atoms with Gasteiger partial charge in [0.05, 0.1) is 5.56 Å². The van der Waals surface area contributed by atoms with Gasteiger partial charge in [-0.15, -0.1) is 0 Å². The highest BCUT2D eigenvalue weighted by Gasteiger charge is 2.21. The second kappa shape index (κ2) is 5.61. The lowest BCUT2D eigenvalue weighted by molar-refractivity contribution is 0.0774. The molecule has 0 unspecified atom stereocenters. The van der Waals surface area contributed by atoms with Gasteiger partial charge < -0.3 is 10.6 Å². The molecule has 3 nitrogen and oxygen atoms in total. The Morgan fingerprint density at radius 3 is 2.78 bits per heavy atom. The van der Waals surface area contributed by atoms with Crippen LogP contribution in [0.15, 0.2) is 18.2 Å². The molecule has 1 amide bonds. The molecule has 98 valence electrons. The molecule has 1 aliphatic rings. The van der Waals surface area contributed by atoms with Crippen molar-refractivity contribution in [2.45, 2.75) is 25.7 Å². The molecule has 2 rings (SSSR count). The molecule has 0 heterocycles. The van der Waals surface area contributed by atoms with Crippen molar-refractivity contribution in [3.05, 3.63) is 28.8 Å². The summed E-state index contributed by atoms with van der Waals surface area (Å²) in [5.41, 5.74) is 6.82. The third-order valence-electron chi connectivity index (χ3n) is 3.60. The zero-order chi connectivity index (χ0) is 13.1. The molecule has 0 aliphatic heterocycles. The van der Waals surface area contributed by atoms with E-state index in [0.29, 0.717) is 22.2 Å². The molecule has 1 aromatic rings. The third kappa shape index (κ3) is 2.96. The van der Waals surface area contributed by atoms with E-state index in [-0.39, 0.29) is 5.91 Å². The molecule has 1 aromatic carbocycles. The Labute approximate surface area is 113 Å². The molecule has 1 aliphatic carbocycles. The normalized spacial score (nSPS) is 15.9. The highest BCUT2D eigenvalue weighted by molar-refractivity contribution is 6.31. The monoisotopic (exact) mass is 266 g/mol. The fourth-order valence-electron chi connectivity index (χ4n) is 2.58. The summed E-state index contributed by atoms with van der Waals surface area (Å²) in [4.78, 5) is 14.1. The van der Waals surface area contributed by atoms with Crippen LogP contribution in [0.5, 0.6) is 0 Å². The molecular formula is C14H19ClN2O. The van der Waals surface area contributed by atoms with Crippen molar-refractivity contribution in [3.63, 3.8) is 0 Å². The van der Waals surface area contributed by atoms with Gasteiger partial charge in [-0.05, 0) is 37.0 Å². The molecule has 1 saturated carbocycles. The second-order valence-electron chi connectivity index (χ2n) is 5.07. The first-order chi connectivity index (χ1) is 8.58. The van der Waals surface area contributed by atoms with Gasteiger partial charge in [-0.1, -0.05) is 24.4 Å². The minimum Gasteiger partial charge on any atom is -0.398 e. The van der Waals surface area contributed by atoms with E-state index < -0.39 is 0 Å². The fourth-order valence-corrected chi connectivity index (χ4v) is 2.75. The van der Waals surface area contributed by atoms with E-state index in [4.69, 9.17) is 17.3 Å². The lowest BCUT2D eigenvalue weighted by Gasteiger charge is -2.21. The lowest BCUT2D eigenvalue weighted by atomic mass is 10.1. The van der Waals surface area contributed by atoms with E-state index in [1.165, 1.54) is 25.7 Å². The Hall–Kier alpha value is -1.22. The van der Waals surface area contributed by atoms with Crippen molar-refractivity contribution < 1.29 is 4.79 Å². The van der Waals surface area contributed by atoms with Crippen molar-refractivity contribution >= 4 is 23.2 Å². The first kappa shape index (κ1) is 13.2. The highest BCUT2D eigenvalue weighted by Crippen LogP contribution is 2.26. The maximum Gasteiger partial charge on any atom is 0.255 e. The van der Waals surface area contributed by atoms with Gasteiger partial charge in [0.25, 0.3) is 5.91 Å². The molecule has 0 aromatic heterocycles. The highest BCUT2D eigenvalue weighted by atomic mass is 35.5. The van der Waals surface area contributed by atoms with Gasteiger partial charge in [0.15, 0.2) is 0 Å². The molecule has 1 fully saturated rings. The van der Waals surface area contributed by atoms with E-state index in [9.17, 15) is 4.79 Å². The van der Waals surface area contributed by atoms with Crippen molar-refractivity contribution in [1.82, 2.24) is 4.90 Å². The first-order valence-electron chi connectivity index (χ1n) is 6.38. The first-order valence-corrected chi connectivity index (χ1v) is 6.76. The summed E-state index contributed by atoms with van der Waals surface area (Å²) < 4.78 is 0. The van der Waals surface area contributed by atoms with Gasteiger partial charge in [-0.3, -0.25) is 4.79 Å². The van der Waals surface area contributed by atoms with Crippen molar-refractivity contribution in [3.8, 4) is 0 Å². The number of nitrogens with two attached hydrogens (primary N) is 1. The largest absolute Gasteiger partial charge is 0.398 e. The maximum atomic E-state index is 12.3. The average molecular weight is 267 g/mol. The Morgan fingerprint density at radius 1 is 1.44 bits per heavy atom. The second-order valence-corrected chi connectivity index (χ2v) is 5.50. The molecular weight excluding hydrogens is 248 g/mol. The number of halogens is 1. The number of amides is 1. The van der Waals surface area contributed by atoms with E-state index in [1.54, 1.807) is 23.1 Å². The van der Waals surface area contributed by atoms with Gasteiger partial charge >= 0.3 is 0 Å². The predicted octanol–water partition coefficient (Wildman–Crippen LogP) is 3.18. The number of nitrogen functional groups attached to an aromatic ring is 1. The Balaban J connectivity index is 2.07. The van der Waals surface area contributed by atoms with Gasteiger partial charge in [-0.25, -0.2) is 0 Å². The van der Waals surface area contributed by atoms with Crippen LogP contribution < -0.4 is 5.73 Å². The number of nitrogens with zero attached hydrogens (tertiary/aromatic N) is 1. The van der Waals surface area contributed by atoms with Gasteiger partial charge in [-0.2, -0.15) is 0 Å². The van der Waals surface area contributed by atoms with Crippen LogP contribution in [0.3, 0.4) is 0 Å². The van der Waals surface area contributed by atoms with E-state index in [2.05, 4.69) is 0 Å². The number of rotatable bonds is 3. The average Bonchev–Trinajstić information content (AvgIpc) is 2.84. The van der Waals surface area contributed by atoms with Crippen LogP contribution in [-0.2, 0) is 0 Å². The van der Waals surface area contributed by atoms with Crippen LogP contribution in [0.2, 0.25) is 5.02 Å². The predicted molar refractivity (Wildman–Crippen MR) is 74.8 cm³/mol. The van der Waals surface area contributed by atoms with Gasteiger partial charge in [0.2, 0.25) is 0 Å². The molecule has 0 bridgehead atoms. The van der Waals surface area contributed by atoms with Crippen LogP contribution in [0.1, 0.15) is 36.0 Å². The van der Waals surface area contributed by atoms with Crippen LogP contribution in [0, 0.1) is 5.92 Å². The van der Waals surface area contributed by atoms with Crippen LogP contribution in [0.25, 0.3) is 0 Å². The van der Waals surface area contributed by atoms with E-state index in [0.717, 1.165) is 6.54 Å². The molecule has 0 spiro atoms. The van der Waals surface area contributed by atoms with Gasteiger partial charge in [0, 0.05) is 24.3 Å². The third-order valence-corrected chi connectivity index (χ3v) is 3.83.